The van der Waals surface area contributed by atoms with Crippen LogP contribution in [0.2, 0.25) is 0 Å². The summed E-state index contributed by atoms with van der Waals surface area (Å²) < 4.78 is 0. The van der Waals surface area contributed by atoms with Gasteiger partial charge in [0.25, 0.3) is 0 Å². The number of amides is 1. The standard InChI is InChI=1S/C17H22N2O/c1-2-19(10-7-13-5-8-18-9-6-13)17(20)16-12-14-3-4-15(16)11-14/h3-6,8-9,14-16H,2,7,10-12H2,1H3. The van der Waals surface area contributed by atoms with Crippen molar-refractivity contribution in [3.05, 3.63) is 42.2 Å². The fourth-order valence-corrected chi connectivity index (χ4v) is 3.54. The Morgan fingerprint density at radius 3 is 2.70 bits per heavy atom. The minimum Gasteiger partial charge on any atom is -0.342 e. The Balaban J connectivity index is 1.59. The van der Waals surface area contributed by atoms with Gasteiger partial charge in [-0.1, -0.05) is 12.2 Å². The van der Waals surface area contributed by atoms with Crippen LogP contribution in [0.3, 0.4) is 0 Å². The number of hydrogen-bond acceptors (Lipinski definition) is 2. The molecule has 2 bridgehead atoms. The van der Waals surface area contributed by atoms with Gasteiger partial charge in [-0.2, -0.15) is 0 Å². The molecule has 2 aliphatic carbocycles. The normalized spacial score (nSPS) is 26.9. The summed E-state index contributed by atoms with van der Waals surface area (Å²) in [6.07, 6.45) is 11.3. The zero-order valence-electron chi connectivity index (χ0n) is 12.0. The first kappa shape index (κ1) is 13.3. The number of fused-ring (bicyclic) bond motifs is 2. The van der Waals surface area contributed by atoms with Gasteiger partial charge in [0.2, 0.25) is 5.91 Å². The van der Waals surface area contributed by atoms with Crippen LogP contribution in [0.4, 0.5) is 0 Å². The summed E-state index contributed by atoms with van der Waals surface area (Å²) in [5.74, 6) is 1.76. The molecule has 20 heavy (non-hydrogen) atoms. The van der Waals surface area contributed by atoms with Gasteiger partial charge >= 0.3 is 0 Å². The average molecular weight is 270 g/mol. The van der Waals surface area contributed by atoms with Crippen LogP contribution in [0.5, 0.6) is 0 Å². The van der Waals surface area contributed by atoms with Gasteiger partial charge in [0.1, 0.15) is 0 Å². The van der Waals surface area contributed by atoms with Crippen LogP contribution in [0.15, 0.2) is 36.7 Å². The van der Waals surface area contributed by atoms with E-state index in [2.05, 4.69) is 24.1 Å². The monoisotopic (exact) mass is 270 g/mol. The van der Waals surface area contributed by atoms with E-state index in [9.17, 15) is 4.79 Å². The molecule has 2 aliphatic rings. The number of carbonyl (C=O) groups is 1. The summed E-state index contributed by atoms with van der Waals surface area (Å²) in [7, 11) is 0. The third-order valence-electron chi connectivity index (χ3n) is 4.71. The van der Waals surface area contributed by atoms with Crippen LogP contribution >= 0.6 is 0 Å². The van der Waals surface area contributed by atoms with Gasteiger partial charge in [-0.25, -0.2) is 0 Å². The number of aromatic nitrogens is 1. The Morgan fingerprint density at radius 1 is 1.30 bits per heavy atom. The summed E-state index contributed by atoms with van der Waals surface area (Å²) in [6.45, 7) is 3.70. The lowest BCUT2D eigenvalue weighted by Gasteiger charge is -2.27. The first-order chi connectivity index (χ1) is 9.78. The molecule has 1 fully saturated rings. The lowest BCUT2D eigenvalue weighted by Crippen LogP contribution is -2.38. The minimum atomic E-state index is 0.238. The zero-order valence-corrected chi connectivity index (χ0v) is 12.0. The second-order valence-electron chi connectivity index (χ2n) is 5.91. The van der Waals surface area contributed by atoms with Crippen molar-refractivity contribution >= 4 is 5.91 Å². The third kappa shape index (κ3) is 2.62. The molecule has 0 radical (unpaired) electrons. The molecule has 1 aromatic rings. The fourth-order valence-electron chi connectivity index (χ4n) is 3.54. The summed E-state index contributed by atoms with van der Waals surface area (Å²) in [4.78, 5) is 18.7. The Kier molecular flexibility index (Phi) is 3.86. The van der Waals surface area contributed by atoms with Crippen molar-refractivity contribution in [2.24, 2.45) is 17.8 Å². The van der Waals surface area contributed by atoms with E-state index >= 15 is 0 Å². The van der Waals surface area contributed by atoms with Crippen LogP contribution in [-0.4, -0.2) is 28.9 Å². The number of hydrogen-bond donors (Lipinski definition) is 0. The van der Waals surface area contributed by atoms with Crippen LogP contribution in [0, 0.1) is 17.8 Å². The molecule has 3 heteroatoms. The van der Waals surface area contributed by atoms with Crippen LogP contribution in [0.1, 0.15) is 25.3 Å². The third-order valence-corrected chi connectivity index (χ3v) is 4.71. The number of pyridine rings is 1. The van der Waals surface area contributed by atoms with Gasteiger partial charge in [0.15, 0.2) is 0 Å². The van der Waals surface area contributed by atoms with Crippen molar-refractivity contribution in [1.82, 2.24) is 9.88 Å². The van der Waals surface area contributed by atoms with E-state index in [1.165, 1.54) is 12.0 Å². The van der Waals surface area contributed by atoms with Gasteiger partial charge in [0.05, 0.1) is 0 Å². The second-order valence-corrected chi connectivity index (χ2v) is 5.91. The SMILES string of the molecule is CCN(CCc1ccncc1)C(=O)C1CC2C=CC1C2. The highest BCUT2D eigenvalue weighted by Crippen LogP contribution is 2.44. The minimum absolute atomic E-state index is 0.238. The smallest absolute Gasteiger partial charge is 0.226 e. The number of carbonyl (C=O) groups excluding carboxylic acids is 1. The first-order valence-electron chi connectivity index (χ1n) is 7.64. The summed E-state index contributed by atoms with van der Waals surface area (Å²) in [6, 6.07) is 4.05. The average Bonchev–Trinajstić information content (AvgIpc) is 3.11. The van der Waals surface area contributed by atoms with Crippen molar-refractivity contribution in [2.75, 3.05) is 13.1 Å². The zero-order chi connectivity index (χ0) is 13.9. The van der Waals surface area contributed by atoms with Gasteiger partial charge in [0, 0.05) is 31.4 Å². The molecule has 0 N–H and O–H groups in total. The Bertz CT molecular complexity index is 497. The molecule has 3 nitrogen and oxygen atoms in total. The van der Waals surface area contributed by atoms with E-state index in [0.717, 1.165) is 25.9 Å². The molecule has 1 saturated carbocycles. The molecule has 3 rings (SSSR count). The number of rotatable bonds is 5. The molecular formula is C17H22N2O. The lowest BCUT2D eigenvalue weighted by atomic mass is 9.92. The maximum atomic E-state index is 12.7. The lowest BCUT2D eigenvalue weighted by molar-refractivity contribution is -0.136. The van der Waals surface area contributed by atoms with E-state index in [4.69, 9.17) is 0 Å². The topological polar surface area (TPSA) is 33.2 Å². The van der Waals surface area contributed by atoms with Gasteiger partial charge < -0.3 is 4.90 Å². The first-order valence-corrected chi connectivity index (χ1v) is 7.64. The van der Waals surface area contributed by atoms with Gasteiger partial charge in [-0.05, 0) is 55.7 Å². The van der Waals surface area contributed by atoms with E-state index < -0.39 is 0 Å². The highest BCUT2D eigenvalue weighted by Gasteiger charge is 2.41. The van der Waals surface area contributed by atoms with Crippen LogP contribution < -0.4 is 0 Å². The fraction of sp³-hybridized carbons (Fsp3) is 0.529. The molecule has 1 amide bonds. The second kappa shape index (κ2) is 5.78. The van der Waals surface area contributed by atoms with E-state index in [-0.39, 0.29) is 5.92 Å². The summed E-state index contributed by atoms with van der Waals surface area (Å²) >= 11 is 0. The molecule has 3 atom stereocenters. The van der Waals surface area contributed by atoms with Crippen LogP contribution in [-0.2, 0) is 11.2 Å². The molecule has 0 spiro atoms. The molecular weight excluding hydrogens is 248 g/mol. The molecule has 1 heterocycles. The Labute approximate surface area is 120 Å². The highest BCUT2D eigenvalue weighted by atomic mass is 16.2. The molecule has 0 saturated heterocycles. The Morgan fingerprint density at radius 2 is 2.10 bits per heavy atom. The van der Waals surface area contributed by atoms with E-state index in [1.807, 2.05) is 29.4 Å². The highest BCUT2D eigenvalue weighted by molar-refractivity contribution is 5.80. The summed E-state index contributed by atoms with van der Waals surface area (Å²) in [5.41, 5.74) is 1.25. The Hall–Kier alpha value is -1.64. The number of allylic oxidation sites excluding steroid dienone is 2. The van der Waals surface area contributed by atoms with Crippen LogP contribution in [0.25, 0.3) is 0 Å². The van der Waals surface area contributed by atoms with E-state index in [0.29, 0.717) is 17.7 Å². The largest absolute Gasteiger partial charge is 0.342 e. The molecule has 1 aromatic heterocycles. The molecule has 106 valence electrons. The van der Waals surface area contributed by atoms with Crippen molar-refractivity contribution in [1.29, 1.82) is 0 Å². The molecule has 3 unspecified atom stereocenters. The maximum absolute atomic E-state index is 12.7. The van der Waals surface area contributed by atoms with Gasteiger partial charge in [-0.15, -0.1) is 0 Å². The predicted octanol–water partition coefficient (Wildman–Crippen LogP) is 2.68. The van der Waals surface area contributed by atoms with Crippen molar-refractivity contribution < 1.29 is 4.79 Å². The maximum Gasteiger partial charge on any atom is 0.226 e. The van der Waals surface area contributed by atoms with Crippen molar-refractivity contribution in [3.8, 4) is 0 Å². The summed E-state index contributed by atoms with van der Waals surface area (Å²) in [5, 5.41) is 0. The number of nitrogens with zero attached hydrogens (tertiary/aromatic N) is 2. The van der Waals surface area contributed by atoms with Gasteiger partial charge in [-0.3, -0.25) is 9.78 Å². The van der Waals surface area contributed by atoms with Crippen molar-refractivity contribution in [3.63, 3.8) is 0 Å². The molecule has 0 aromatic carbocycles. The quantitative estimate of drug-likeness (QED) is 0.771. The number of likely N-dealkylation sites (N-methyl/N-ethyl adjacent to an activating group) is 1. The molecule has 0 aliphatic heterocycles. The van der Waals surface area contributed by atoms with Crippen molar-refractivity contribution in [2.45, 2.75) is 26.2 Å². The van der Waals surface area contributed by atoms with E-state index in [1.54, 1.807) is 0 Å². The predicted molar refractivity (Wildman–Crippen MR) is 79.0 cm³/mol.